The molecule has 1 unspecified atom stereocenters. The van der Waals surface area contributed by atoms with Gasteiger partial charge in [0.05, 0.1) is 6.42 Å². The van der Waals surface area contributed by atoms with Crippen LogP contribution < -0.4 is 0 Å². The van der Waals surface area contributed by atoms with Crippen LogP contribution in [-0.4, -0.2) is 21.3 Å². The summed E-state index contributed by atoms with van der Waals surface area (Å²) in [5.41, 5.74) is 3.20. The van der Waals surface area contributed by atoms with Gasteiger partial charge in [-0.25, -0.2) is 0 Å². The Morgan fingerprint density at radius 1 is 1.32 bits per heavy atom. The summed E-state index contributed by atoms with van der Waals surface area (Å²) < 4.78 is 5.54. The number of benzene rings is 1. The standard InChI is InChI=1S/C14H16N2O3/c1-8-4-5-11(6-9(8)2)14-16-15-13(19-14)10(3)7-12(17)18/h4-6,10H,7H2,1-3H3,(H,17,18). The van der Waals surface area contributed by atoms with Crippen molar-refractivity contribution in [2.24, 2.45) is 0 Å². The summed E-state index contributed by atoms with van der Waals surface area (Å²) in [6, 6.07) is 5.89. The summed E-state index contributed by atoms with van der Waals surface area (Å²) in [7, 11) is 0. The maximum absolute atomic E-state index is 10.7. The number of carbonyl (C=O) groups is 1. The highest BCUT2D eigenvalue weighted by Crippen LogP contribution is 2.24. The molecule has 2 rings (SSSR count). The fourth-order valence-electron chi connectivity index (χ4n) is 1.77. The third-order valence-corrected chi connectivity index (χ3v) is 3.10. The molecule has 1 aromatic heterocycles. The van der Waals surface area contributed by atoms with Gasteiger partial charge in [-0.2, -0.15) is 0 Å². The predicted molar refractivity (Wildman–Crippen MR) is 69.9 cm³/mol. The van der Waals surface area contributed by atoms with Crippen molar-refractivity contribution in [3.05, 3.63) is 35.2 Å². The van der Waals surface area contributed by atoms with Gasteiger partial charge in [-0.15, -0.1) is 10.2 Å². The highest BCUT2D eigenvalue weighted by molar-refractivity contribution is 5.67. The van der Waals surface area contributed by atoms with Crippen LogP contribution in [0.4, 0.5) is 0 Å². The van der Waals surface area contributed by atoms with E-state index in [2.05, 4.69) is 10.2 Å². The first-order valence-corrected chi connectivity index (χ1v) is 6.10. The van der Waals surface area contributed by atoms with E-state index in [9.17, 15) is 4.79 Å². The van der Waals surface area contributed by atoms with E-state index >= 15 is 0 Å². The summed E-state index contributed by atoms with van der Waals surface area (Å²) in [5.74, 6) is -0.380. The summed E-state index contributed by atoms with van der Waals surface area (Å²) in [5, 5.41) is 16.6. The number of nitrogens with zero attached hydrogens (tertiary/aromatic N) is 2. The molecule has 19 heavy (non-hydrogen) atoms. The number of rotatable bonds is 4. The molecule has 1 heterocycles. The molecule has 1 atom stereocenters. The number of carboxylic acid groups (broad SMARTS) is 1. The molecule has 0 bridgehead atoms. The molecule has 0 saturated carbocycles. The fourth-order valence-corrected chi connectivity index (χ4v) is 1.77. The van der Waals surface area contributed by atoms with Gasteiger partial charge in [-0.05, 0) is 37.1 Å². The van der Waals surface area contributed by atoms with Crippen LogP contribution in [0.25, 0.3) is 11.5 Å². The SMILES string of the molecule is Cc1ccc(-c2nnc(C(C)CC(=O)O)o2)cc1C. The molecule has 2 aromatic rings. The van der Waals surface area contributed by atoms with Gasteiger partial charge in [0.2, 0.25) is 11.8 Å². The highest BCUT2D eigenvalue weighted by atomic mass is 16.4. The smallest absolute Gasteiger partial charge is 0.304 e. The zero-order chi connectivity index (χ0) is 14.0. The van der Waals surface area contributed by atoms with E-state index in [0.717, 1.165) is 11.1 Å². The number of aliphatic carboxylic acids is 1. The van der Waals surface area contributed by atoms with Crippen LogP contribution in [0.15, 0.2) is 22.6 Å². The lowest BCUT2D eigenvalue weighted by molar-refractivity contribution is -0.137. The Balaban J connectivity index is 2.25. The molecular weight excluding hydrogens is 244 g/mol. The molecule has 0 amide bonds. The molecule has 0 saturated heterocycles. The Labute approximate surface area is 111 Å². The van der Waals surface area contributed by atoms with Crippen molar-refractivity contribution in [2.75, 3.05) is 0 Å². The van der Waals surface area contributed by atoms with E-state index in [-0.39, 0.29) is 12.3 Å². The largest absolute Gasteiger partial charge is 0.481 e. The Bertz CT molecular complexity index is 604. The van der Waals surface area contributed by atoms with Crippen LogP contribution in [0.1, 0.15) is 36.3 Å². The van der Waals surface area contributed by atoms with E-state index in [4.69, 9.17) is 9.52 Å². The van der Waals surface area contributed by atoms with Crippen molar-refractivity contribution in [2.45, 2.75) is 33.1 Å². The van der Waals surface area contributed by atoms with Crippen LogP contribution in [0.2, 0.25) is 0 Å². The average molecular weight is 260 g/mol. The fraction of sp³-hybridized carbons (Fsp3) is 0.357. The van der Waals surface area contributed by atoms with E-state index in [1.807, 2.05) is 32.0 Å². The van der Waals surface area contributed by atoms with Crippen molar-refractivity contribution in [1.82, 2.24) is 10.2 Å². The second-order valence-electron chi connectivity index (χ2n) is 4.74. The molecular formula is C14H16N2O3. The number of hydrogen-bond acceptors (Lipinski definition) is 4. The van der Waals surface area contributed by atoms with Crippen molar-refractivity contribution in [3.8, 4) is 11.5 Å². The normalized spacial score (nSPS) is 12.4. The Hall–Kier alpha value is -2.17. The van der Waals surface area contributed by atoms with Crippen LogP contribution in [0.5, 0.6) is 0 Å². The van der Waals surface area contributed by atoms with E-state index in [1.54, 1.807) is 6.92 Å². The van der Waals surface area contributed by atoms with Crippen molar-refractivity contribution in [1.29, 1.82) is 0 Å². The summed E-state index contributed by atoms with van der Waals surface area (Å²) in [4.78, 5) is 10.7. The Morgan fingerprint density at radius 2 is 2.05 bits per heavy atom. The van der Waals surface area contributed by atoms with Crippen molar-refractivity contribution >= 4 is 5.97 Å². The number of hydrogen-bond donors (Lipinski definition) is 1. The molecule has 0 radical (unpaired) electrons. The van der Waals surface area contributed by atoms with Gasteiger partial charge < -0.3 is 9.52 Å². The minimum atomic E-state index is -0.876. The maximum atomic E-state index is 10.7. The first kappa shape index (κ1) is 13.3. The molecule has 0 spiro atoms. The van der Waals surface area contributed by atoms with Gasteiger partial charge in [0.15, 0.2) is 0 Å². The Kier molecular flexibility index (Phi) is 3.64. The number of aryl methyl sites for hydroxylation is 2. The summed E-state index contributed by atoms with van der Waals surface area (Å²) >= 11 is 0. The molecule has 1 aromatic carbocycles. The van der Waals surface area contributed by atoms with Crippen LogP contribution in [0.3, 0.4) is 0 Å². The molecule has 5 heteroatoms. The first-order valence-electron chi connectivity index (χ1n) is 6.10. The number of carboxylic acids is 1. The molecule has 5 nitrogen and oxygen atoms in total. The lowest BCUT2D eigenvalue weighted by atomic mass is 10.1. The molecule has 0 aliphatic heterocycles. The second-order valence-corrected chi connectivity index (χ2v) is 4.74. The van der Waals surface area contributed by atoms with Crippen LogP contribution in [0, 0.1) is 13.8 Å². The summed E-state index contributed by atoms with van der Waals surface area (Å²) in [6.45, 7) is 5.81. The van der Waals surface area contributed by atoms with Crippen molar-refractivity contribution < 1.29 is 14.3 Å². The molecule has 100 valence electrons. The first-order chi connectivity index (χ1) is 8.97. The van der Waals surface area contributed by atoms with Gasteiger partial charge in [0.25, 0.3) is 0 Å². The highest BCUT2D eigenvalue weighted by Gasteiger charge is 2.17. The average Bonchev–Trinajstić information content (AvgIpc) is 2.81. The van der Waals surface area contributed by atoms with Gasteiger partial charge in [0, 0.05) is 11.5 Å². The zero-order valence-electron chi connectivity index (χ0n) is 11.2. The quantitative estimate of drug-likeness (QED) is 0.914. The van der Waals surface area contributed by atoms with Gasteiger partial charge >= 0.3 is 5.97 Å². The van der Waals surface area contributed by atoms with E-state index in [1.165, 1.54) is 5.56 Å². The third-order valence-electron chi connectivity index (χ3n) is 3.10. The minimum absolute atomic E-state index is 0.0193. The van der Waals surface area contributed by atoms with Crippen LogP contribution in [-0.2, 0) is 4.79 Å². The van der Waals surface area contributed by atoms with Crippen LogP contribution >= 0.6 is 0 Å². The second kappa shape index (κ2) is 5.22. The molecule has 0 aliphatic rings. The molecule has 1 N–H and O–H groups in total. The lowest BCUT2D eigenvalue weighted by Crippen LogP contribution is -2.02. The molecule has 0 fully saturated rings. The number of aromatic nitrogens is 2. The third kappa shape index (κ3) is 2.99. The monoisotopic (exact) mass is 260 g/mol. The topological polar surface area (TPSA) is 76.2 Å². The maximum Gasteiger partial charge on any atom is 0.304 e. The summed E-state index contributed by atoms with van der Waals surface area (Å²) in [6.07, 6.45) is -0.0193. The van der Waals surface area contributed by atoms with E-state index in [0.29, 0.717) is 11.8 Å². The lowest BCUT2D eigenvalue weighted by Gasteiger charge is -2.02. The van der Waals surface area contributed by atoms with Gasteiger partial charge in [0.1, 0.15) is 0 Å². The Morgan fingerprint density at radius 3 is 2.68 bits per heavy atom. The van der Waals surface area contributed by atoms with E-state index < -0.39 is 5.97 Å². The van der Waals surface area contributed by atoms with Gasteiger partial charge in [-0.1, -0.05) is 13.0 Å². The minimum Gasteiger partial charge on any atom is -0.481 e. The zero-order valence-corrected chi connectivity index (χ0v) is 11.2. The molecule has 0 aliphatic carbocycles. The predicted octanol–water partition coefficient (Wildman–Crippen LogP) is 2.93. The van der Waals surface area contributed by atoms with Gasteiger partial charge in [-0.3, -0.25) is 4.79 Å². The van der Waals surface area contributed by atoms with Crippen molar-refractivity contribution in [3.63, 3.8) is 0 Å².